The van der Waals surface area contributed by atoms with Crippen molar-refractivity contribution >= 4 is 29.3 Å². The van der Waals surface area contributed by atoms with Crippen LogP contribution in [0, 0.1) is 0 Å². The molecule has 0 saturated carbocycles. The van der Waals surface area contributed by atoms with Gasteiger partial charge in [-0.2, -0.15) is 0 Å². The van der Waals surface area contributed by atoms with Crippen molar-refractivity contribution in [2.75, 3.05) is 24.8 Å². The molecule has 2 aromatic carbocycles. The number of hydrogen-bond acceptors (Lipinski definition) is 6. The predicted octanol–water partition coefficient (Wildman–Crippen LogP) is 3.68. The third-order valence-electron chi connectivity index (χ3n) is 4.12. The molecular weight excluding hydrogens is 378 g/mol. The number of carbonyl (C=O) groups is 2. The lowest BCUT2D eigenvalue weighted by Crippen LogP contribution is -2.25. The van der Waals surface area contributed by atoms with Crippen molar-refractivity contribution in [1.29, 1.82) is 0 Å². The van der Waals surface area contributed by atoms with E-state index >= 15 is 0 Å². The predicted molar refractivity (Wildman–Crippen MR) is 108 cm³/mol. The molecule has 0 fully saturated rings. The van der Waals surface area contributed by atoms with E-state index in [1.54, 1.807) is 23.9 Å². The van der Waals surface area contributed by atoms with E-state index in [9.17, 15) is 9.59 Å². The largest absolute Gasteiger partial charge is 0.483 e. The lowest BCUT2D eigenvalue weighted by molar-refractivity contribution is -0.149. The molecule has 0 saturated heterocycles. The number of rotatable bonds is 7. The highest BCUT2D eigenvalue weighted by atomic mass is 32.2. The van der Waals surface area contributed by atoms with Crippen molar-refractivity contribution in [3.63, 3.8) is 0 Å². The summed E-state index contributed by atoms with van der Waals surface area (Å²) in [5.41, 5.74) is 1.40. The van der Waals surface area contributed by atoms with Crippen LogP contribution in [0.3, 0.4) is 0 Å². The van der Waals surface area contributed by atoms with E-state index in [0.717, 1.165) is 16.9 Å². The second-order valence-electron chi connectivity index (χ2n) is 7.01. The van der Waals surface area contributed by atoms with Crippen LogP contribution in [0.25, 0.3) is 0 Å². The maximum atomic E-state index is 12.0. The summed E-state index contributed by atoms with van der Waals surface area (Å²) < 4.78 is 16.4. The third kappa shape index (κ3) is 5.19. The Bertz CT molecular complexity index is 881. The topological polar surface area (TPSA) is 73.9 Å². The maximum absolute atomic E-state index is 12.0. The minimum Gasteiger partial charge on any atom is -0.483 e. The van der Waals surface area contributed by atoms with Gasteiger partial charge in [0.15, 0.2) is 24.7 Å². The number of anilines is 1. The number of esters is 1. The van der Waals surface area contributed by atoms with Crippen LogP contribution < -0.4 is 14.8 Å². The number of benzene rings is 2. The maximum Gasteiger partial charge on any atom is 0.344 e. The van der Waals surface area contributed by atoms with Gasteiger partial charge < -0.3 is 19.5 Å². The molecule has 28 heavy (non-hydrogen) atoms. The summed E-state index contributed by atoms with van der Waals surface area (Å²) in [7, 11) is 0. The highest BCUT2D eigenvalue weighted by Crippen LogP contribution is 2.41. The Morgan fingerprint density at radius 2 is 1.96 bits per heavy atom. The van der Waals surface area contributed by atoms with Gasteiger partial charge in [0.2, 0.25) is 0 Å². The van der Waals surface area contributed by atoms with Gasteiger partial charge in [-0.3, -0.25) is 4.79 Å². The summed E-state index contributed by atoms with van der Waals surface area (Å²) in [6, 6.07) is 13.0. The molecule has 0 radical (unpaired) electrons. The molecule has 1 aliphatic rings. The molecule has 3 rings (SSSR count). The van der Waals surface area contributed by atoms with Crippen molar-refractivity contribution < 1.29 is 23.8 Å². The Morgan fingerprint density at radius 1 is 1.18 bits per heavy atom. The number of carbonyl (C=O) groups excluding carboxylic acids is 2. The summed E-state index contributed by atoms with van der Waals surface area (Å²) in [5, 5.41) is 2.70. The molecule has 7 heteroatoms. The summed E-state index contributed by atoms with van der Waals surface area (Å²) in [5.74, 6) is 0.130. The standard InChI is InChI=1S/C21H23NO5S/c1-21(2)11-14-6-4-9-17(20(14)27-21)25-13-19(24)26-12-18(23)22-15-7-5-8-16(10-15)28-3/h4-10H,11-13H2,1-3H3,(H,22,23). The van der Waals surface area contributed by atoms with Crippen molar-refractivity contribution in [1.82, 2.24) is 0 Å². The summed E-state index contributed by atoms with van der Waals surface area (Å²) in [4.78, 5) is 24.9. The number of para-hydroxylation sites is 1. The molecule has 0 aromatic heterocycles. The zero-order chi connectivity index (χ0) is 20.1. The molecule has 0 spiro atoms. The lowest BCUT2D eigenvalue weighted by atomic mass is 10.0. The number of hydrogen-bond donors (Lipinski definition) is 1. The zero-order valence-corrected chi connectivity index (χ0v) is 16.9. The molecular formula is C21H23NO5S. The van der Waals surface area contributed by atoms with Gasteiger partial charge in [0.1, 0.15) is 5.60 Å². The Labute approximate surface area is 168 Å². The van der Waals surface area contributed by atoms with E-state index < -0.39 is 11.9 Å². The third-order valence-corrected chi connectivity index (χ3v) is 4.84. The first-order valence-electron chi connectivity index (χ1n) is 8.89. The van der Waals surface area contributed by atoms with Crippen LogP contribution in [-0.2, 0) is 20.7 Å². The molecule has 0 aliphatic carbocycles. The van der Waals surface area contributed by atoms with Gasteiger partial charge in [0.05, 0.1) is 0 Å². The number of nitrogens with one attached hydrogen (secondary N) is 1. The Balaban J connectivity index is 1.47. The second kappa shape index (κ2) is 8.56. The molecule has 2 aromatic rings. The van der Waals surface area contributed by atoms with Crippen LogP contribution in [0.15, 0.2) is 47.4 Å². The van der Waals surface area contributed by atoms with E-state index in [1.165, 1.54) is 0 Å². The number of ether oxygens (including phenoxy) is 3. The van der Waals surface area contributed by atoms with Crippen molar-refractivity contribution in [2.24, 2.45) is 0 Å². The van der Waals surface area contributed by atoms with E-state index in [2.05, 4.69) is 5.32 Å². The average Bonchev–Trinajstić information content (AvgIpc) is 2.99. The number of amides is 1. The average molecular weight is 401 g/mol. The fraction of sp³-hybridized carbons (Fsp3) is 0.333. The van der Waals surface area contributed by atoms with Gasteiger partial charge in [0.25, 0.3) is 5.91 Å². The van der Waals surface area contributed by atoms with Crippen LogP contribution >= 0.6 is 11.8 Å². The molecule has 1 heterocycles. The van der Waals surface area contributed by atoms with Crippen molar-refractivity contribution in [3.05, 3.63) is 48.0 Å². The van der Waals surface area contributed by atoms with Crippen LogP contribution in [-0.4, -0.2) is 36.9 Å². The highest BCUT2D eigenvalue weighted by molar-refractivity contribution is 7.98. The molecule has 148 valence electrons. The van der Waals surface area contributed by atoms with Crippen LogP contribution in [0.2, 0.25) is 0 Å². The van der Waals surface area contributed by atoms with E-state index in [0.29, 0.717) is 17.2 Å². The Kier molecular flexibility index (Phi) is 6.14. The number of thioether (sulfide) groups is 1. The Morgan fingerprint density at radius 3 is 2.75 bits per heavy atom. The quantitative estimate of drug-likeness (QED) is 0.564. The van der Waals surface area contributed by atoms with Crippen molar-refractivity contribution in [3.8, 4) is 11.5 Å². The fourth-order valence-electron chi connectivity index (χ4n) is 2.92. The van der Waals surface area contributed by atoms with E-state index in [-0.39, 0.29) is 18.8 Å². The first-order chi connectivity index (χ1) is 13.4. The van der Waals surface area contributed by atoms with E-state index in [1.807, 2.05) is 50.4 Å². The molecule has 0 bridgehead atoms. The lowest BCUT2D eigenvalue weighted by Gasteiger charge is -2.18. The highest BCUT2D eigenvalue weighted by Gasteiger charge is 2.32. The molecule has 1 aliphatic heterocycles. The van der Waals surface area contributed by atoms with Gasteiger partial charge in [-0.15, -0.1) is 11.8 Å². The van der Waals surface area contributed by atoms with Gasteiger partial charge in [-0.25, -0.2) is 4.79 Å². The number of fused-ring (bicyclic) bond motifs is 1. The summed E-state index contributed by atoms with van der Waals surface area (Å²) >= 11 is 1.58. The normalized spacial score (nSPS) is 14.0. The van der Waals surface area contributed by atoms with Gasteiger partial charge in [-0.1, -0.05) is 18.2 Å². The minimum absolute atomic E-state index is 0.296. The van der Waals surface area contributed by atoms with E-state index in [4.69, 9.17) is 14.2 Å². The van der Waals surface area contributed by atoms with Gasteiger partial charge >= 0.3 is 5.97 Å². The van der Waals surface area contributed by atoms with Crippen molar-refractivity contribution in [2.45, 2.75) is 30.8 Å². The molecule has 6 nitrogen and oxygen atoms in total. The first kappa shape index (κ1) is 20.1. The minimum atomic E-state index is -0.622. The van der Waals surface area contributed by atoms with Crippen LogP contribution in [0.5, 0.6) is 11.5 Å². The molecule has 0 atom stereocenters. The van der Waals surface area contributed by atoms with Crippen LogP contribution in [0.1, 0.15) is 19.4 Å². The fourth-order valence-corrected chi connectivity index (χ4v) is 3.38. The zero-order valence-electron chi connectivity index (χ0n) is 16.1. The van der Waals surface area contributed by atoms with Crippen LogP contribution in [0.4, 0.5) is 5.69 Å². The smallest absolute Gasteiger partial charge is 0.344 e. The monoisotopic (exact) mass is 401 g/mol. The molecule has 1 N–H and O–H groups in total. The van der Waals surface area contributed by atoms with Gasteiger partial charge in [0, 0.05) is 22.6 Å². The molecule has 1 amide bonds. The Hall–Kier alpha value is -2.67. The summed E-state index contributed by atoms with van der Waals surface area (Å²) in [6.45, 7) is 3.33. The summed E-state index contributed by atoms with van der Waals surface area (Å²) in [6.07, 6.45) is 2.73. The second-order valence-corrected chi connectivity index (χ2v) is 7.89. The first-order valence-corrected chi connectivity index (χ1v) is 10.1. The SMILES string of the molecule is CSc1cccc(NC(=O)COC(=O)COc2cccc3c2OC(C)(C)C3)c1. The molecule has 0 unspecified atom stereocenters. The van der Waals surface area contributed by atoms with Gasteiger partial charge in [-0.05, 0) is 44.4 Å².